The average molecular weight is 470 g/mol. The van der Waals surface area contributed by atoms with Crippen molar-refractivity contribution in [3.05, 3.63) is 63.8 Å². The number of halogens is 1. The number of likely N-dealkylation sites (tertiary alicyclic amines) is 1. The highest BCUT2D eigenvalue weighted by atomic mass is 79.9. The van der Waals surface area contributed by atoms with Crippen molar-refractivity contribution in [2.45, 2.75) is 25.8 Å². The topological polar surface area (TPSA) is 70.7 Å². The molecule has 0 bridgehead atoms. The molecule has 4 rings (SSSR count). The summed E-state index contributed by atoms with van der Waals surface area (Å²) in [5.74, 6) is -0.325. The first-order valence-corrected chi connectivity index (χ1v) is 10.9. The first-order valence-electron chi connectivity index (χ1n) is 10.1. The number of rotatable bonds is 5. The first-order chi connectivity index (χ1) is 14.5. The molecule has 0 unspecified atom stereocenters. The number of anilines is 1. The Morgan fingerprint density at radius 2 is 1.80 bits per heavy atom. The molecule has 2 aliphatic rings. The van der Waals surface area contributed by atoms with Crippen LogP contribution in [0.3, 0.4) is 0 Å². The van der Waals surface area contributed by atoms with Crippen molar-refractivity contribution in [1.29, 1.82) is 0 Å². The number of carbonyl (C=O) groups is 2. The van der Waals surface area contributed by atoms with Gasteiger partial charge in [-0.15, -0.1) is 0 Å². The fraction of sp³-hybridized carbons (Fsp3) is 0.304. The lowest BCUT2D eigenvalue weighted by Gasteiger charge is -2.26. The number of imide groups is 1. The summed E-state index contributed by atoms with van der Waals surface area (Å²) in [6.07, 6.45) is 5.53. The van der Waals surface area contributed by atoms with E-state index in [1.807, 2.05) is 12.1 Å². The normalized spacial score (nSPS) is 18.1. The van der Waals surface area contributed by atoms with Crippen LogP contribution in [0.2, 0.25) is 0 Å². The lowest BCUT2D eigenvalue weighted by atomic mass is 9.95. The number of methoxy groups -OCH3 is 1. The van der Waals surface area contributed by atoms with Crippen molar-refractivity contribution in [1.82, 2.24) is 10.2 Å². The van der Waals surface area contributed by atoms with Gasteiger partial charge in [0.1, 0.15) is 5.75 Å². The maximum atomic E-state index is 12.4. The molecule has 0 aliphatic carbocycles. The van der Waals surface area contributed by atoms with Gasteiger partial charge in [-0.3, -0.25) is 19.8 Å². The number of hydrogen-bond acceptors (Lipinski definition) is 5. The summed E-state index contributed by atoms with van der Waals surface area (Å²) >= 11 is 3.43. The third kappa shape index (κ3) is 4.42. The van der Waals surface area contributed by atoms with E-state index in [0.717, 1.165) is 12.2 Å². The molecule has 2 aromatic rings. The van der Waals surface area contributed by atoms with Crippen molar-refractivity contribution in [3.8, 4) is 5.75 Å². The zero-order valence-corrected chi connectivity index (χ0v) is 18.4. The molecule has 0 radical (unpaired) electrons. The monoisotopic (exact) mass is 469 g/mol. The van der Waals surface area contributed by atoms with E-state index in [2.05, 4.69) is 43.6 Å². The minimum atomic E-state index is -0.432. The van der Waals surface area contributed by atoms with Crippen LogP contribution in [-0.4, -0.2) is 36.9 Å². The van der Waals surface area contributed by atoms with Gasteiger partial charge in [-0.2, -0.15) is 0 Å². The number of carbonyl (C=O) groups excluding carboxylic acids is 2. The highest BCUT2D eigenvalue weighted by Gasteiger charge is 2.28. The minimum Gasteiger partial charge on any atom is -0.496 e. The second-order valence-corrected chi connectivity index (χ2v) is 8.41. The fourth-order valence-corrected chi connectivity index (χ4v) is 4.37. The van der Waals surface area contributed by atoms with E-state index in [-0.39, 0.29) is 0 Å². The summed E-state index contributed by atoms with van der Waals surface area (Å²) in [5.41, 5.74) is 3.51. The molecule has 7 heteroatoms. The molecule has 156 valence electrons. The highest BCUT2D eigenvalue weighted by Crippen LogP contribution is 2.34. The number of benzene rings is 2. The molecule has 2 N–H and O–H groups in total. The van der Waals surface area contributed by atoms with E-state index < -0.39 is 11.8 Å². The molecule has 2 amide bonds. The number of hydrogen-bond donors (Lipinski definition) is 2. The van der Waals surface area contributed by atoms with Crippen molar-refractivity contribution in [2.75, 3.05) is 25.5 Å². The van der Waals surface area contributed by atoms with Gasteiger partial charge in [0.15, 0.2) is 0 Å². The Bertz CT molecular complexity index is 995. The Hall–Kier alpha value is -2.64. The molecule has 2 aromatic carbocycles. The maximum absolute atomic E-state index is 12.4. The molecule has 0 aromatic heterocycles. The second kappa shape index (κ2) is 9.02. The van der Waals surface area contributed by atoms with Crippen LogP contribution in [0.15, 0.2) is 47.1 Å². The van der Waals surface area contributed by atoms with E-state index in [0.29, 0.717) is 26.9 Å². The van der Waals surface area contributed by atoms with Crippen LogP contribution in [0.1, 0.15) is 40.7 Å². The predicted octanol–water partition coefficient (Wildman–Crippen LogP) is 4.17. The van der Waals surface area contributed by atoms with Crippen LogP contribution in [-0.2, 0) is 11.3 Å². The molecule has 0 saturated carbocycles. The SMILES string of the molecule is COc1cc2c(cc1Br)/C(=C\Nc1ccc(CN3CCCCC3)cc1)C(=O)NC2=O. The molecule has 1 fully saturated rings. The molecule has 30 heavy (non-hydrogen) atoms. The predicted molar refractivity (Wildman–Crippen MR) is 120 cm³/mol. The molecule has 0 spiro atoms. The lowest BCUT2D eigenvalue weighted by molar-refractivity contribution is -0.114. The van der Waals surface area contributed by atoms with Gasteiger partial charge in [-0.1, -0.05) is 18.6 Å². The third-order valence-electron chi connectivity index (χ3n) is 5.49. The van der Waals surface area contributed by atoms with Crippen LogP contribution in [0.5, 0.6) is 5.75 Å². The first kappa shape index (κ1) is 20.6. The van der Waals surface area contributed by atoms with Crippen LogP contribution < -0.4 is 15.4 Å². The highest BCUT2D eigenvalue weighted by molar-refractivity contribution is 9.10. The Morgan fingerprint density at radius 3 is 2.50 bits per heavy atom. The average Bonchev–Trinajstić information content (AvgIpc) is 2.75. The number of ether oxygens (including phenoxy) is 1. The van der Waals surface area contributed by atoms with E-state index in [1.165, 1.54) is 45.0 Å². The van der Waals surface area contributed by atoms with Crippen LogP contribution in [0.4, 0.5) is 5.69 Å². The molecular formula is C23H24BrN3O3. The van der Waals surface area contributed by atoms with E-state index in [4.69, 9.17) is 4.74 Å². The zero-order chi connectivity index (χ0) is 21.1. The van der Waals surface area contributed by atoms with Crippen molar-refractivity contribution in [2.24, 2.45) is 0 Å². The number of amides is 2. The van der Waals surface area contributed by atoms with E-state index >= 15 is 0 Å². The van der Waals surface area contributed by atoms with Gasteiger partial charge < -0.3 is 10.1 Å². The van der Waals surface area contributed by atoms with Gasteiger partial charge >= 0.3 is 0 Å². The molecule has 6 nitrogen and oxygen atoms in total. The quantitative estimate of drug-likeness (QED) is 0.507. The van der Waals surface area contributed by atoms with Gasteiger partial charge in [-0.25, -0.2) is 0 Å². The Labute approximate surface area is 184 Å². The number of fused-ring (bicyclic) bond motifs is 1. The Morgan fingerprint density at radius 1 is 1.07 bits per heavy atom. The van der Waals surface area contributed by atoms with Crippen LogP contribution >= 0.6 is 15.9 Å². The minimum absolute atomic E-state index is 0.394. The van der Waals surface area contributed by atoms with Gasteiger partial charge in [0.05, 0.1) is 22.7 Å². The number of nitrogens with zero attached hydrogens (tertiary/aromatic N) is 1. The third-order valence-corrected chi connectivity index (χ3v) is 6.11. The number of nitrogens with one attached hydrogen (secondary N) is 2. The standard InChI is InChI=1S/C23H24BrN3O3/c1-30-21-12-18-17(11-20(21)24)19(23(29)26-22(18)28)13-25-16-7-5-15(6-8-16)14-27-9-3-2-4-10-27/h5-8,11-13,25H,2-4,9-10,14H2,1H3,(H,26,28,29)/b19-13+. The fourth-order valence-electron chi connectivity index (χ4n) is 3.86. The van der Waals surface area contributed by atoms with Gasteiger partial charge in [0.2, 0.25) is 0 Å². The smallest absolute Gasteiger partial charge is 0.260 e. The van der Waals surface area contributed by atoms with Gasteiger partial charge in [0, 0.05) is 24.0 Å². The Kier molecular flexibility index (Phi) is 6.20. The maximum Gasteiger partial charge on any atom is 0.260 e. The van der Waals surface area contributed by atoms with Crippen LogP contribution in [0, 0.1) is 0 Å². The largest absolute Gasteiger partial charge is 0.496 e. The summed E-state index contributed by atoms with van der Waals surface area (Å²) in [4.78, 5) is 27.2. The summed E-state index contributed by atoms with van der Waals surface area (Å²) in [6.45, 7) is 3.30. The van der Waals surface area contributed by atoms with Crippen molar-refractivity contribution in [3.63, 3.8) is 0 Å². The van der Waals surface area contributed by atoms with E-state index in [1.54, 1.807) is 18.3 Å². The second-order valence-electron chi connectivity index (χ2n) is 7.55. The van der Waals surface area contributed by atoms with Crippen molar-refractivity contribution < 1.29 is 14.3 Å². The summed E-state index contributed by atoms with van der Waals surface area (Å²) in [5, 5.41) is 5.57. The van der Waals surface area contributed by atoms with Gasteiger partial charge in [-0.05, 0) is 71.7 Å². The molecule has 2 aliphatic heterocycles. The molecule has 0 atom stereocenters. The van der Waals surface area contributed by atoms with Gasteiger partial charge in [0.25, 0.3) is 11.8 Å². The summed E-state index contributed by atoms with van der Waals surface area (Å²) in [7, 11) is 1.53. The van der Waals surface area contributed by atoms with E-state index in [9.17, 15) is 9.59 Å². The van der Waals surface area contributed by atoms with Crippen LogP contribution in [0.25, 0.3) is 5.57 Å². The summed E-state index contributed by atoms with van der Waals surface area (Å²) < 4.78 is 5.95. The van der Waals surface area contributed by atoms with Crippen molar-refractivity contribution >= 4 is 39.0 Å². The number of piperidine rings is 1. The summed E-state index contributed by atoms with van der Waals surface area (Å²) in [6, 6.07) is 11.6. The molecular weight excluding hydrogens is 446 g/mol. The Balaban J connectivity index is 1.52. The molecule has 2 heterocycles. The lowest BCUT2D eigenvalue weighted by Crippen LogP contribution is -2.36. The zero-order valence-electron chi connectivity index (χ0n) is 16.8. The molecule has 1 saturated heterocycles.